The first-order chi connectivity index (χ1) is 7.45. The van der Waals surface area contributed by atoms with Crippen LogP contribution in [0.2, 0.25) is 0 Å². The van der Waals surface area contributed by atoms with Gasteiger partial charge in [-0.2, -0.15) is 8.78 Å². The van der Waals surface area contributed by atoms with E-state index in [2.05, 4.69) is 4.51 Å². The average Bonchev–Trinajstić information content (AvgIpc) is 2.43. The van der Waals surface area contributed by atoms with Gasteiger partial charge < -0.3 is 5.11 Å². The lowest BCUT2D eigenvalue weighted by molar-refractivity contribution is -0.136. The van der Waals surface area contributed by atoms with Crippen LogP contribution in [0.25, 0.3) is 0 Å². The van der Waals surface area contributed by atoms with Gasteiger partial charge in [-0.15, -0.1) is 0 Å². The van der Waals surface area contributed by atoms with Crippen molar-refractivity contribution < 1.29 is 18.7 Å². The predicted octanol–water partition coefficient (Wildman–Crippen LogP) is 3.27. The number of carboxylic acid groups (broad SMARTS) is 1. The maximum Gasteiger partial charge on any atom is 0.312 e. The second-order valence-corrected chi connectivity index (χ2v) is 5.36. The summed E-state index contributed by atoms with van der Waals surface area (Å²) < 4.78 is 27.3. The summed E-state index contributed by atoms with van der Waals surface area (Å²) in [5.41, 5.74) is 0.366. The maximum atomic E-state index is 13.4. The van der Waals surface area contributed by atoms with Crippen molar-refractivity contribution in [1.29, 1.82) is 0 Å². The molecule has 0 saturated heterocycles. The minimum Gasteiger partial charge on any atom is -0.481 e. The number of carboxylic acids is 1. The van der Waals surface area contributed by atoms with Gasteiger partial charge in [-0.05, 0) is 32.7 Å². The van der Waals surface area contributed by atoms with E-state index in [1.165, 1.54) is 6.08 Å². The Morgan fingerprint density at radius 1 is 1.62 bits per heavy atom. The topological polar surface area (TPSA) is 37.3 Å². The van der Waals surface area contributed by atoms with E-state index >= 15 is 0 Å². The zero-order chi connectivity index (χ0) is 12.2. The van der Waals surface area contributed by atoms with Crippen LogP contribution in [0.5, 0.6) is 0 Å². The van der Waals surface area contributed by atoms with E-state index in [9.17, 15) is 13.6 Å². The highest BCUT2D eigenvalue weighted by Crippen LogP contribution is 2.38. The van der Waals surface area contributed by atoms with Gasteiger partial charge in [-0.25, -0.2) is 0 Å². The predicted molar refractivity (Wildman–Crippen MR) is 68.3 cm³/mol. The Labute approximate surface area is 102 Å². The standard InChI is InChI=1S/C11H11F2IO2/c1-14-11(12,13)9-5-3-2-4-8(6-9)7-10(15)16/h2-4,6H,1,5,7H2,(H,15,16). The van der Waals surface area contributed by atoms with Gasteiger partial charge >= 0.3 is 9.90 Å². The third-order valence-electron chi connectivity index (χ3n) is 2.03. The molecule has 1 aliphatic carbocycles. The molecule has 0 bridgehead atoms. The van der Waals surface area contributed by atoms with Crippen molar-refractivity contribution in [2.45, 2.75) is 16.8 Å². The van der Waals surface area contributed by atoms with Crippen LogP contribution in [0, 0.1) is 0 Å². The fraction of sp³-hybridized carbons (Fsp3) is 0.273. The lowest BCUT2D eigenvalue weighted by Gasteiger charge is -2.13. The molecule has 0 fully saturated rings. The Bertz CT molecular complexity index is 395. The van der Waals surface area contributed by atoms with E-state index < -0.39 is 30.6 Å². The van der Waals surface area contributed by atoms with Gasteiger partial charge in [0.05, 0.1) is 6.42 Å². The van der Waals surface area contributed by atoms with Gasteiger partial charge in [0.1, 0.15) is 0 Å². The molecule has 0 aromatic rings. The molecule has 0 amide bonds. The summed E-state index contributed by atoms with van der Waals surface area (Å²) in [7, 11) is 0. The van der Waals surface area contributed by atoms with Gasteiger partial charge in [-0.3, -0.25) is 4.79 Å². The van der Waals surface area contributed by atoms with Crippen LogP contribution in [0.3, 0.4) is 0 Å². The van der Waals surface area contributed by atoms with E-state index in [1.807, 2.05) is 0 Å². The molecule has 0 aromatic carbocycles. The van der Waals surface area contributed by atoms with Crippen molar-refractivity contribution >= 4 is 31.2 Å². The van der Waals surface area contributed by atoms with Crippen LogP contribution >= 0.6 is 20.7 Å². The average molecular weight is 340 g/mol. The number of aliphatic carboxylic acids is 1. The van der Waals surface area contributed by atoms with Crippen molar-refractivity contribution in [3.05, 3.63) is 35.5 Å². The van der Waals surface area contributed by atoms with E-state index in [1.54, 1.807) is 18.2 Å². The molecule has 0 atom stereocenters. The molecule has 2 nitrogen and oxygen atoms in total. The lowest BCUT2D eigenvalue weighted by atomic mass is 10.1. The summed E-state index contributed by atoms with van der Waals surface area (Å²) in [6.45, 7) is 0. The van der Waals surface area contributed by atoms with Crippen LogP contribution in [0.1, 0.15) is 12.8 Å². The summed E-state index contributed by atoms with van der Waals surface area (Å²) >= 11 is -1.48. The van der Waals surface area contributed by atoms with E-state index in [0.717, 1.165) is 0 Å². The molecule has 88 valence electrons. The smallest absolute Gasteiger partial charge is 0.312 e. The van der Waals surface area contributed by atoms with Crippen LogP contribution in [-0.2, 0) is 4.79 Å². The largest absolute Gasteiger partial charge is 0.481 e. The highest BCUT2D eigenvalue weighted by Gasteiger charge is 2.30. The molecule has 5 heteroatoms. The molecule has 1 N–H and O–H groups in total. The van der Waals surface area contributed by atoms with Crippen molar-refractivity contribution in [1.82, 2.24) is 0 Å². The zero-order valence-electron chi connectivity index (χ0n) is 8.42. The minimum absolute atomic E-state index is 0.0310. The van der Waals surface area contributed by atoms with Crippen molar-refractivity contribution in [3.63, 3.8) is 0 Å². The van der Waals surface area contributed by atoms with Gasteiger partial charge in [-0.1, -0.05) is 28.8 Å². The monoisotopic (exact) mass is 340 g/mol. The SMILES string of the molecule is C=IC(F)(F)C1=CC(CC(=O)O)=CC=CC1. The van der Waals surface area contributed by atoms with Gasteiger partial charge in [0, 0.05) is 5.57 Å². The third kappa shape index (κ3) is 3.62. The molecule has 0 radical (unpaired) electrons. The number of hydrogen-bond acceptors (Lipinski definition) is 1. The van der Waals surface area contributed by atoms with E-state index in [4.69, 9.17) is 5.11 Å². The van der Waals surface area contributed by atoms with Crippen molar-refractivity contribution in [3.8, 4) is 0 Å². The Balaban J connectivity index is 2.99. The molecule has 0 saturated carbocycles. The van der Waals surface area contributed by atoms with Gasteiger partial charge in [0.2, 0.25) is 0 Å². The van der Waals surface area contributed by atoms with Gasteiger partial charge in [0.15, 0.2) is 0 Å². The number of hydrogen-bond donors (Lipinski definition) is 1. The van der Waals surface area contributed by atoms with Crippen LogP contribution < -0.4 is 0 Å². The Morgan fingerprint density at radius 3 is 2.88 bits per heavy atom. The number of rotatable bonds is 4. The number of halogens is 3. The lowest BCUT2D eigenvalue weighted by Crippen LogP contribution is -2.10. The third-order valence-corrected chi connectivity index (χ3v) is 3.68. The molecule has 16 heavy (non-hydrogen) atoms. The Hall–Kier alpha value is -0.850. The summed E-state index contributed by atoms with van der Waals surface area (Å²) in [5, 5.41) is 8.62. The Morgan fingerprint density at radius 2 is 2.31 bits per heavy atom. The maximum absolute atomic E-state index is 13.4. The molecule has 0 heterocycles. The number of carbonyl (C=O) groups is 1. The summed E-state index contributed by atoms with van der Waals surface area (Å²) in [6, 6.07) is 0. The van der Waals surface area contributed by atoms with Crippen LogP contribution in [0.4, 0.5) is 8.78 Å². The highest BCUT2D eigenvalue weighted by molar-refractivity contribution is 14.2. The summed E-state index contributed by atoms with van der Waals surface area (Å²) in [5.74, 6) is -1.02. The molecule has 0 unspecified atom stereocenters. The molecule has 1 aliphatic rings. The minimum atomic E-state index is -2.86. The van der Waals surface area contributed by atoms with E-state index in [-0.39, 0.29) is 18.4 Å². The summed E-state index contributed by atoms with van der Waals surface area (Å²) in [6.07, 6.45) is 5.98. The quantitative estimate of drug-likeness (QED) is 0.630. The first kappa shape index (κ1) is 13.2. The second-order valence-electron chi connectivity index (χ2n) is 3.25. The highest BCUT2D eigenvalue weighted by atomic mass is 127. The normalized spacial score (nSPS) is 16.4. The molecule has 0 aliphatic heterocycles. The Kier molecular flexibility index (Phi) is 4.52. The van der Waals surface area contributed by atoms with Crippen LogP contribution in [0.15, 0.2) is 35.5 Å². The number of alkyl halides is 3. The zero-order valence-corrected chi connectivity index (χ0v) is 10.6. The number of allylic oxidation sites excluding steroid dienone is 5. The first-order valence-electron chi connectivity index (χ1n) is 4.51. The molecule has 1 rings (SSSR count). The van der Waals surface area contributed by atoms with Gasteiger partial charge in [0.25, 0.3) is 0 Å². The van der Waals surface area contributed by atoms with E-state index in [0.29, 0.717) is 5.57 Å². The van der Waals surface area contributed by atoms with Crippen LogP contribution in [-0.4, -0.2) is 19.5 Å². The summed E-state index contributed by atoms with van der Waals surface area (Å²) in [4.78, 5) is 10.5. The molecular weight excluding hydrogens is 329 g/mol. The fourth-order valence-corrected chi connectivity index (χ4v) is 2.15. The van der Waals surface area contributed by atoms with Crippen molar-refractivity contribution in [2.75, 3.05) is 0 Å². The second kappa shape index (κ2) is 5.47. The first-order valence-corrected chi connectivity index (χ1v) is 7.12. The molecule has 0 spiro atoms. The molecular formula is C11H11F2IO2. The molecule has 0 aromatic heterocycles. The van der Waals surface area contributed by atoms with Crippen molar-refractivity contribution in [2.24, 2.45) is 0 Å². The fourth-order valence-electron chi connectivity index (χ4n) is 1.29.